The molecule has 2 rings (SSSR count). The molecule has 1 atom stereocenters. The van der Waals surface area contributed by atoms with Gasteiger partial charge >= 0.3 is 0 Å². The van der Waals surface area contributed by atoms with Crippen LogP contribution in [0.3, 0.4) is 0 Å². The Morgan fingerprint density at radius 2 is 2.14 bits per heavy atom. The van der Waals surface area contributed by atoms with Crippen LogP contribution in [-0.2, 0) is 14.8 Å². The minimum absolute atomic E-state index is 0.0341. The Bertz CT molecular complexity index is 602. The molecule has 1 fully saturated rings. The molecule has 118 valence electrons. The van der Waals surface area contributed by atoms with E-state index in [1.807, 2.05) is 6.92 Å². The Balaban J connectivity index is 2.35. The normalized spacial score (nSPS) is 17.1. The molecule has 0 aromatic heterocycles. The second-order valence-electron chi connectivity index (χ2n) is 5.37. The number of sulfonamides is 1. The van der Waals surface area contributed by atoms with Crippen molar-refractivity contribution >= 4 is 31.6 Å². The first kappa shape index (κ1) is 16.7. The van der Waals surface area contributed by atoms with Crippen LogP contribution in [0.15, 0.2) is 27.6 Å². The predicted molar refractivity (Wildman–Crippen MR) is 86.5 cm³/mol. The lowest BCUT2D eigenvalue weighted by Gasteiger charge is -2.28. The molecule has 1 aromatic rings. The number of anilines is 1. The molecule has 1 unspecified atom stereocenters. The number of rotatable bonds is 7. The van der Waals surface area contributed by atoms with Crippen molar-refractivity contribution < 1.29 is 13.2 Å². The maximum Gasteiger partial charge on any atom is 0.245 e. The zero-order valence-corrected chi connectivity index (χ0v) is 14.7. The standard InChI is InChI=1S/C14H21BrN2O3S/c1-10(11-3-4-11)17(7-8-20-2)21(18,19)14-6-5-12(15)9-13(14)16/h5-6,9-11H,3-4,7-8,16H2,1-2H3. The van der Waals surface area contributed by atoms with Crippen LogP contribution >= 0.6 is 15.9 Å². The molecule has 0 saturated heterocycles. The molecule has 0 radical (unpaired) electrons. The van der Waals surface area contributed by atoms with Crippen LogP contribution in [0.5, 0.6) is 0 Å². The smallest absolute Gasteiger partial charge is 0.245 e. The van der Waals surface area contributed by atoms with Gasteiger partial charge in [-0.15, -0.1) is 0 Å². The van der Waals surface area contributed by atoms with Crippen LogP contribution in [0.25, 0.3) is 0 Å². The Morgan fingerprint density at radius 1 is 1.48 bits per heavy atom. The second-order valence-corrected chi connectivity index (χ2v) is 8.14. The largest absolute Gasteiger partial charge is 0.398 e. The first-order valence-corrected chi connectivity index (χ1v) is 9.17. The van der Waals surface area contributed by atoms with Gasteiger partial charge in [-0.3, -0.25) is 0 Å². The summed E-state index contributed by atoms with van der Waals surface area (Å²) in [5, 5.41) is 0. The maximum absolute atomic E-state index is 12.9. The van der Waals surface area contributed by atoms with Crippen LogP contribution in [-0.4, -0.2) is 39.0 Å². The van der Waals surface area contributed by atoms with Gasteiger partial charge in [0.15, 0.2) is 0 Å². The molecule has 1 aromatic carbocycles. The lowest BCUT2D eigenvalue weighted by atomic mass is 10.2. The van der Waals surface area contributed by atoms with Gasteiger partial charge < -0.3 is 10.5 Å². The van der Waals surface area contributed by atoms with Crippen molar-refractivity contribution in [2.75, 3.05) is 26.0 Å². The van der Waals surface area contributed by atoms with E-state index in [2.05, 4.69) is 15.9 Å². The Hall–Kier alpha value is -0.630. The first-order valence-electron chi connectivity index (χ1n) is 6.93. The maximum atomic E-state index is 12.9. The number of hydrogen-bond donors (Lipinski definition) is 1. The number of nitrogens with zero attached hydrogens (tertiary/aromatic N) is 1. The summed E-state index contributed by atoms with van der Waals surface area (Å²) in [6.07, 6.45) is 2.16. The van der Waals surface area contributed by atoms with E-state index in [9.17, 15) is 8.42 Å². The fourth-order valence-electron chi connectivity index (χ4n) is 2.42. The SMILES string of the molecule is COCCN(C(C)C1CC1)S(=O)(=O)c1ccc(Br)cc1N. The number of nitrogens with two attached hydrogens (primary N) is 1. The van der Waals surface area contributed by atoms with Gasteiger partial charge in [0, 0.05) is 24.2 Å². The summed E-state index contributed by atoms with van der Waals surface area (Å²) >= 11 is 3.30. The topological polar surface area (TPSA) is 72.6 Å². The van der Waals surface area contributed by atoms with Gasteiger partial charge in [0.05, 0.1) is 12.3 Å². The lowest BCUT2D eigenvalue weighted by molar-refractivity contribution is 0.164. The van der Waals surface area contributed by atoms with Crippen LogP contribution in [0.1, 0.15) is 19.8 Å². The van der Waals surface area contributed by atoms with Crippen LogP contribution in [0, 0.1) is 5.92 Å². The van der Waals surface area contributed by atoms with Crippen molar-refractivity contribution in [2.45, 2.75) is 30.7 Å². The molecular formula is C14H21BrN2O3S. The third-order valence-corrected chi connectivity index (χ3v) is 6.39. The highest BCUT2D eigenvalue weighted by molar-refractivity contribution is 9.10. The highest BCUT2D eigenvalue weighted by Gasteiger charge is 2.38. The van der Waals surface area contributed by atoms with Gasteiger partial charge in [0.2, 0.25) is 10.0 Å². The minimum Gasteiger partial charge on any atom is -0.398 e. The van der Waals surface area contributed by atoms with E-state index >= 15 is 0 Å². The lowest BCUT2D eigenvalue weighted by Crippen LogP contribution is -2.42. The summed E-state index contributed by atoms with van der Waals surface area (Å²) in [6.45, 7) is 2.67. The summed E-state index contributed by atoms with van der Waals surface area (Å²) in [7, 11) is -2.05. The molecule has 0 amide bonds. The van der Waals surface area contributed by atoms with Crippen molar-refractivity contribution in [3.8, 4) is 0 Å². The van der Waals surface area contributed by atoms with Crippen LogP contribution in [0.2, 0.25) is 0 Å². The molecule has 1 aliphatic rings. The van der Waals surface area contributed by atoms with Gasteiger partial charge in [-0.05, 0) is 43.9 Å². The molecule has 0 heterocycles. The zero-order valence-electron chi connectivity index (χ0n) is 12.3. The summed E-state index contributed by atoms with van der Waals surface area (Å²) < 4.78 is 33.2. The molecule has 7 heteroatoms. The second kappa shape index (κ2) is 6.64. The van der Waals surface area contributed by atoms with E-state index in [-0.39, 0.29) is 16.6 Å². The molecule has 2 N–H and O–H groups in total. The van der Waals surface area contributed by atoms with Crippen molar-refractivity contribution in [3.05, 3.63) is 22.7 Å². The Kier molecular flexibility index (Phi) is 5.29. The Morgan fingerprint density at radius 3 is 2.67 bits per heavy atom. The highest BCUT2D eigenvalue weighted by Crippen LogP contribution is 2.37. The van der Waals surface area contributed by atoms with Crippen molar-refractivity contribution in [3.63, 3.8) is 0 Å². The van der Waals surface area contributed by atoms with Gasteiger partial charge in [0.25, 0.3) is 0 Å². The summed E-state index contributed by atoms with van der Waals surface area (Å²) in [5.74, 6) is 0.438. The summed E-state index contributed by atoms with van der Waals surface area (Å²) in [5.41, 5.74) is 6.16. The first-order chi connectivity index (χ1) is 9.87. The van der Waals surface area contributed by atoms with Crippen LogP contribution in [0.4, 0.5) is 5.69 Å². The fourth-order valence-corrected chi connectivity index (χ4v) is 4.57. The number of halogens is 1. The van der Waals surface area contributed by atoms with Crippen LogP contribution < -0.4 is 5.73 Å². The van der Waals surface area contributed by atoms with E-state index < -0.39 is 10.0 Å². The number of nitrogen functional groups attached to an aromatic ring is 1. The van der Waals surface area contributed by atoms with Gasteiger partial charge in [-0.25, -0.2) is 8.42 Å². The van der Waals surface area contributed by atoms with E-state index in [0.717, 1.165) is 17.3 Å². The molecule has 5 nitrogen and oxygen atoms in total. The molecular weight excluding hydrogens is 356 g/mol. The van der Waals surface area contributed by atoms with E-state index in [1.54, 1.807) is 25.3 Å². The van der Waals surface area contributed by atoms with Crippen molar-refractivity contribution in [1.29, 1.82) is 0 Å². The molecule has 0 bridgehead atoms. The molecule has 1 aliphatic carbocycles. The van der Waals surface area contributed by atoms with Crippen molar-refractivity contribution in [1.82, 2.24) is 4.31 Å². The Labute approximate surface area is 134 Å². The monoisotopic (exact) mass is 376 g/mol. The molecule has 1 saturated carbocycles. The average molecular weight is 377 g/mol. The summed E-state index contributed by atoms with van der Waals surface area (Å²) in [6, 6.07) is 4.82. The molecule has 0 spiro atoms. The van der Waals surface area contributed by atoms with E-state index in [4.69, 9.17) is 10.5 Å². The number of ether oxygens (including phenoxy) is 1. The number of methoxy groups -OCH3 is 1. The molecule has 0 aliphatic heterocycles. The van der Waals surface area contributed by atoms with E-state index in [0.29, 0.717) is 19.1 Å². The fraction of sp³-hybridized carbons (Fsp3) is 0.571. The number of benzene rings is 1. The average Bonchev–Trinajstić information content (AvgIpc) is 3.22. The molecule has 21 heavy (non-hydrogen) atoms. The third-order valence-electron chi connectivity index (χ3n) is 3.83. The minimum atomic E-state index is -3.62. The quantitative estimate of drug-likeness (QED) is 0.741. The summed E-state index contributed by atoms with van der Waals surface area (Å²) in [4.78, 5) is 0.161. The van der Waals surface area contributed by atoms with Gasteiger partial charge in [0.1, 0.15) is 4.90 Å². The third kappa shape index (κ3) is 3.77. The van der Waals surface area contributed by atoms with Gasteiger partial charge in [-0.2, -0.15) is 4.31 Å². The van der Waals surface area contributed by atoms with E-state index in [1.165, 1.54) is 4.31 Å². The highest BCUT2D eigenvalue weighted by atomic mass is 79.9. The van der Waals surface area contributed by atoms with Crippen molar-refractivity contribution in [2.24, 2.45) is 5.92 Å². The zero-order chi connectivity index (χ0) is 15.6. The van der Waals surface area contributed by atoms with Gasteiger partial charge in [-0.1, -0.05) is 15.9 Å². The number of hydrogen-bond acceptors (Lipinski definition) is 4. The predicted octanol–water partition coefficient (Wildman–Crippen LogP) is 2.47.